The highest BCUT2D eigenvalue weighted by atomic mass is 35.5. The fourth-order valence-electron chi connectivity index (χ4n) is 2.67. The molecule has 0 fully saturated rings. The number of hydrazine groups is 1. The van der Waals surface area contributed by atoms with Crippen LogP contribution in [-0.2, 0) is 14.4 Å². The minimum atomic E-state index is -0.504. The molecule has 2 N–H and O–H groups in total. The number of amides is 2. The molecule has 0 radical (unpaired) electrons. The van der Waals surface area contributed by atoms with Crippen LogP contribution in [0.25, 0.3) is 0 Å². The maximum absolute atomic E-state index is 12.5. The summed E-state index contributed by atoms with van der Waals surface area (Å²) in [6.07, 6.45) is 1.46. The molecule has 7 heteroatoms. The average molecular weight is 389 g/mol. The predicted molar refractivity (Wildman–Crippen MR) is 102 cm³/mol. The Morgan fingerprint density at radius 1 is 1.15 bits per heavy atom. The van der Waals surface area contributed by atoms with Gasteiger partial charge in [-0.1, -0.05) is 31.5 Å². The van der Waals surface area contributed by atoms with Gasteiger partial charge in [0.1, 0.15) is 0 Å². The second kappa shape index (κ2) is 8.77. The van der Waals surface area contributed by atoms with Crippen molar-refractivity contribution in [3.05, 3.63) is 57.6 Å². The van der Waals surface area contributed by atoms with Gasteiger partial charge in [-0.05, 0) is 43.5 Å². The third kappa shape index (κ3) is 5.14. The molecule has 0 atom stereocenters. The number of hydrogen-bond acceptors (Lipinski definition) is 4. The smallest absolute Gasteiger partial charge is 0.269 e. The number of hydrogen-bond donors (Lipinski definition) is 2. The van der Waals surface area contributed by atoms with Gasteiger partial charge in [0.05, 0.1) is 0 Å². The second-order valence-corrected chi connectivity index (χ2v) is 7.00. The van der Waals surface area contributed by atoms with Gasteiger partial charge in [-0.2, -0.15) is 0 Å². The van der Waals surface area contributed by atoms with Crippen LogP contribution in [0.3, 0.4) is 0 Å². The lowest BCUT2D eigenvalue weighted by atomic mass is 9.83. The van der Waals surface area contributed by atoms with E-state index in [0.29, 0.717) is 27.3 Å². The topological polar surface area (TPSA) is 92.3 Å². The molecule has 0 spiro atoms. The predicted octanol–water partition coefficient (Wildman–Crippen LogP) is 2.93. The third-order valence-corrected chi connectivity index (χ3v) is 4.51. The highest BCUT2D eigenvalue weighted by molar-refractivity contribution is 6.31. The van der Waals surface area contributed by atoms with Crippen LogP contribution in [0.15, 0.2) is 47.1 Å². The van der Waals surface area contributed by atoms with Crippen molar-refractivity contribution in [3.8, 4) is 0 Å². The summed E-state index contributed by atoms with van der Waals surface area (Å²) in [7, 11) is 0. The van der Waals surface area contributed by atoms with E-state index in [4.69, 9.17) is 11.6 Å². The molecule has 2 amide bonds. The van der Waals surface area contributed by atoms with Gasteiger partial charge in [0.2, 0.25) is 5.91 Å². The van der Waals surface area contributed by atoms with E-state index < -0.39 is 11.8 Å². The summed E-state index contributed by atoms with van der Waals surface area (Å²) in [5, 5.41) is 0.408. The maximum atomic E-state index is 12.5. The lowest BCUT2D eigenvalue weighted by Gasteiger charge is -2.19. The summed E-state index contributed by atoms with van der Waals surface area (Å²) in [6.45, 7) is 5.27. The van der Waals surface area contributed by atoms with Gasteiger partial charge in [0.15, 0.2) is 11.6 Å². The lowest BCUT2D eigenvalue weighted by molar-refractivity contribution is -0.122. The Bertz CT molecular complexity index is 868. The molecule has 0 saturated carbocycles. The maximum Gasteiger partial charge on any atom is 0.269 e. The summed E-state index contributed by atoms with van der Waals surface area (Å²) in [4.78, 5) is 48.6. The van der Waals surface area contributed by atoms with Gasteiger partial charge in [-0.3, -0.25) is 30.0 Å². The van der Waals surface area contributed by atoms with E-state index in [-0.39, 0.29) is 30.3 Å². The number of halogens is 1. The van der Waals surface area contributed by atoms with Crippen LogP contribution in [-0.4, -0.2) is 23.4 Å². The van der Waals surface area contributed by atoms with Crippen molar-refractivity contribution < 1.29 is 19.2 Å². The van der Waals surface area contributed by atoms with Gasteiger partial charge in [0, 0.05) is 33.7 Å². The zero-order chi connectivity index (χ0) is 20.1. The van der Waals surface area contributed by atoms with Gasteiger partial charge in [-0.15, -0.1) is 0 Å². The van der Waals surface area contributed by atoms with Crippen molar-refractivity contribution >= 4 is 35.0 Å². The number of nitrogens with one attached hydrogen (secondary N) is 2. The van der Waals surface area contributed by atoms with Gasteiger partial charge in [-0.25, -0.2) is 0 Å². The Labute approximate surface area is 162 Å². The molecule has 0 bridgehead atoms. The molecule has 142 valence electrons. The SMILES string of the molecule is CC1=C(CCC(=O)NNC(=O)c2cccc(Cl)c2)C(=O)C(C(C)C)=CC1=O. The first-order valence-corrected chi connectivity index (χ1v) is 8.93. The summed E-state index contributed by atoms with van der Waals surface area (Å²) < 4.78 is 0. The quantitative estimate of drug-likeness (QED) is 0.599. The van der Waals surface area contributed by atoms with E-state index >= 15 is 0 Å². The molecule has 0 heterocycles. The second-order valence-electron chi connectivity index (χ2n) is 6.56. The molecule has 2 rings (SSSR count). The molecule has 1 aliphatic carbocycles. The molecule has 1 aromatic rings. The number of carbonyl (C=O) groups excluding carboxylic acids is 4. The lowest BCUT2D eigenvalue weighted by Crippen LogP contribution is -2.41. The van der Waals surface area contributed by atoms with Gasteiger partial charge in [0.25, 0.3) is 5.91 Å². The summed E-state index contributed by atoms with van der Waals surface area (Å²) in [5.74, 6) is -1.45. The highest BCUT2D eigenvalue weighted by Gasteiger charge is 2.27. The number of allylic oxidation sites excluding steroid dienone is 4. The highest BCUT2D eigenvalue weighted by Crippen LogP contribution is 2.26. The molecular weight excluding hydrogens is 368 g/mol. The Kier molecular flexibility index (Phi) is 6.69. The first-order valence-electron chi connectivity index (χ1n) is 8.55. The van der Waals surface area contributed by atoms with E-state index in [1.807, 2.05) is 13.8 Å². The molecule has 27 heavy (non-hydrogen) atoms. The largest absolute Gasteiger partial charge is 0.290 e. The normalized spacial score (nSPS) is 14.3. The van der Waals surface area contributed by atoms with Crippen molar-refractivity contribution in [2.75, 3.05) is 0 Å². The fourth-order valence-corrected chi connectivity index (χ4v) is 2.86. The van der Waals surface area contributed by atoms with E-state index in [9.17, 15) is 19.2 Å². The Morgan fingerprint density at radius 3 is 2.48 bits per heavy atom. The Hall–Kier alpha value is -2.73. The molecule has 0 unspecified atom stereocenters. The zero-order valence-corrected chi connectivity index (χ0v) is 16.1. The minimum Gasteiger partial charge on any atom is -0.290 e. The summed E-state index contributed by atoms with van der Waals surface area (Å²) in [6, 6.07) is 6.30. The fraction of sp³-hybridized carbons (Fsp3) is 0.300. The van der Waals surface area contributed by atoms with E-state index in [1.165, 1.54) is 12.1 Å². The van der Waals surface area contributed by atoms with Crippen LogP contribution in [0.5, 0.6) is 0 Å². The van der Waals surface area contributed by atoms with Crippen LogP contribution < -0.4 is 10.9 Å². The van der Waals surface area contributed by atoms with E-state index in [1.54, 1.807) is 25.1 Å². The Morgan fingerprint density at radius 2 is 1.85 bits per heavy atom. The van der Waals surface area contributed by atoms with Gasteiger partial charge >= 0.3 is 0 Å². The first-order chi connectivity index (χ1) is 12.7. The van der Waals surface area contributed by atoms with Crippen molar-refractivity contribution in [1.29, 1.82) is 0 Å². The number of carbonyl (C=O) groups is 4. The number of Topliss-reactive ketones (excluding diaryl/α,β-unsaturated/α-hetero) is 1. The van der Waals surface area contributed by atoms with Crippen molar-refractivity contribution in [2.24, 2.45) is 5.92 Å². The molecular formula is C20H21ClN2O4. The van der Waals surface area contributed by atoms with E-state index in [0.717, 1.165) is 0 Å². The average Bonchev–Trinajstić information content (AvgIpc) is 2.62. The summed E-state index contributed by atoms with van der Waals surface area (Å²) in [5.41, 5.74) is 6.07. The zero-order valence-electron chi connectivity index (χ0n) is 15.4. The molecule has 0 saturated heterocycles. The third-order valence-electron chi connectivity index (χ3n) is 4.27. The van der Waals surface area contributed by atoms with E-state index in [2.05, 4.69) is 10.9 Å². The van der Waals surface area contributed by atoms with Crippen molar-refractivity contribution in [3.63, 3.8) is 0 Å². The Balaban J connectivity index is 1.93. The number of benzene rings is 1. The van der Waals surface area contributed by atoms with Crippen molar-refractivity contribution in [2.45, 2.75) is 33.6 Å². The van der Waals surface area contributed by atoms with Crippen LogP contribution in [0.1, 0.15) is 44.0 Å². The first kappa shape index (κ1) is 20.6. The standard InChI is InChI=1S/C20H21ClN2O4/c1-11(2)16-10-17(24)12(3)15(19(16)26)7-8-18(25)22-23-20(27)13-5-4-6-14(21)9-13/h4-6,9-11H,7-8H2,1-3H3,(H,22,25)(H,23,27). The summed E-state index contributed by atoms with van der Waals surface area (Å²) >= 11 is 5.82. The molecule has 6 nitrogen and oxygen atoms in total. The number of ketones is 2. The van der Waals surface area contributed by atoms with Crippen LogP contribution in [0.2, 0.25) is 5.02 Å². The number of rotatable bonds is 5. The van der Waals surface area contributed by atoms with Crippen LogP contribution in [0, 0.1) is 5.92 Å². The van der Waals surface area contributed by atoms with Crippen LogP contribution >= 0.6 is 11.6 Å². The minimum absolute atomic E-state index is 0.0348. The molecule has 1 aliphatic rings. The molecule has 0 aliphatic heterocycles. The monoisotopic (exact) mass is 388 g/mol. The van der Waals surface area contributed by atoms with Crippen LogP contribution in [0.4, 0.5) is 0 Å². The van der Waals surface area contributed by atoms with Crippen molar-refractivity contribution in [1.82, 2.24) is 10.9 Å². The van der Waals surface area contributed by atoms with Gasteiger partial charge < -0.3 is 0 Å². The molecule has 0 aromatic heterocycles. The molecule has 1 aromatic carbocycles.